The zero-order valence-electron chi connectivity index (χ0n) is 16.8. The number of nitrogens with one attached hydrogen (secondary N) is 1. The molecule has 1 aromatic carbocycles. The molecule has 2 fully saturated rings. The van der Waals surface area contributed by atoms with Gasteiger partial charge in [-0.15, -0.1) is 0 Å². The number of alkyl halides is 3. The van der Waals surface area contributed by atoms with Gasteiger partial charge in [-0.2, -0.15) is 13.2 Å². The van der Waals surface area contributed by atoms with E-state index in [-0.39, 0.29) is 5.54 Å². The number of hydrogen-bond acceptors (Lipinski definition) is 3. The Labute approximate surface area is 178 Å². The van der Waals surface area contributed by atoms with Gasteiger partial charge < -0.3 is 14.6 Å². The van der Waals surface area contributed by atoms with Crippen LogP contribution in [0.15, 0.2) is 24.3 Å². The molecule has 0 radical (unpaired) electrons. The number of amides is 1. The van der Waals surface area contributed by atoms with Crippen molar-refractivity contribution in [1.82, 2.24) is 14.8 Å². The summed E-state index contributed by atoms with van der Waals surface area (Å²) in [5.74, 6) is 0. The molecule has 2 aliphatic rings. The summed E-state index contributed by atoms with van der Waals surface area (Å²) in [5, 5.41) is 1.77. The number of likely N-dealkylation sites (tertiary alicyclic amines) is 2. The van der Waals surface area contributed by atoms with Gasteiger partial charge in [0.25, 0.3) is 0 Å². The molecule has 5 nitrogen and oxygen atoms in total. The van der Waals surface area contributed by atoms with E-state index in [0.29, 0.717) is 18.1 Å². The van der Waals surface area contributed by atoms with Gasteiger partial charge >= 0.3 is 12.3 Å². The molecule has 2 aliphatic heterocycles. The van der Waals surface area contributed by atoms with Crippen LogP contribution < -0.4 is 0 Å². The molecule has 0 aliphatic carbocycles. The number of rotatable bonds is 3. The molecule has 3 heterocycles. The molecule has 1 amide bonds. The maximum absolute atomic E-state index is 12.7. The van der Waals surface area contributed by atoms with Crippen molar-refractivity contribution in [3.63, 3.8) is 0 Å². The number of carbonyl (C=O) groups is 1. The van der Waals surface area contributed by atoms with Gasteiger partial charge in [-0.05, 0) is 63.4 Å². The number of fused-ring (bicyclic) bond motifs is 1. The van der Waals surface area contributed by atoms with Crippen molar-refractivity contribution in [3.8, 4) is 0 Å². The van der Waals surface area contributed by atoms with Gasteiger partial charge in [0, 0.05) is 46.8 Å². The summed E-state index contributed by atoms with van der Waals surface area (Å²) < 4.78 is 42.6. The van der Waals surface area contributed by atoms with Gasteiger partial charge in [0.15, 0.2) is 6.10 Å². The minimum atomic E-state index is -4.54. The van der Waals surface area contributed by atoms with Crippen LogP contribution in [-0.4, -0.2) is 58.3 Å². The molecule has 1 atom stereocenters. The van der Waals surface area contributed by atoms with Crippen molar-refractivity contribution in [1.29, 1.82) is 0 Å². The van der Waals surface area contributed by atoms with Crippen molar-refractivity contribution in [3.05, 3.63) is 35.0 Å². The van der Waals surface area contributed by atoms with Gasteiger partial charge in [0.1, 0.15) is 0 Å². The minimum Gasteiger partial charge on any atom is -0.437 e. The van der Waals surface area contributed by atoms with Crippen LogP contribution >= 0.6 is 11.6 Å². The predicted molar refractivity (Wildman–Crippen MR) is 108 cm³/mol. The van der Waals surface area contributed by atoms with Crippen LogP contribution in [0.3, 0.4) is 0 Å². The Bertz CT molecular complexity index is 922. The Morgan fingerprint density at radius 2 is 1.97 bits per heavy atom. The summed E-state index contributed by atoms with van der Waals surface area (Å²) in [4.78, 5) is 19.4. The summed E-state index contributed by atoms with van der Waals surface area (Å²) in [6.45, 7) is 3.40. The highest BCUT2D eigenvalue weighted by molar-refractivity contribution is 6.31. The van der Waals surface area contributed by atoms with Gasteiger partial charge in [-0.25, -0.2) is 4.79 Å². The molecule has 1 aromatic heterocycles. The quantitative estimate of drug-likeness (QED) is 0.696. The number of ether oxygens (including phenoxy) is 1. The normalized spacial score (nSPS) is 20.8. The van der Waals surface area contributed by atoms with Crippen molar-refractivity contribution in [2.45, 2.75) is 57.0 Å². The van der Waals surface area contributed by atoms with Crippen molar-refractivity contribution >= 4 is 28.6 Å². The zero-order valence-corrected chi connectivity index (χ0v) is 17.5. The molecule has 0 bridgehead atoms. The third kappa shape index (κ3) is 4.25. The van der Waals surface area contributed by atoms with Crippen molar-refractivity contribution in [2.24, 2.45) is 0 Å². The van der Waals surface area contributed by atoms with Crippen molar-refractivity contribution in [2.75, 3.05) is 19.6 Å². The summed E-state index contributed by atoms with van der Waals surface area (Å²) >= 11 is 6.08. The lowest BCUT2D eigenvalue weighted by Gasteiger charge is -2.44. The van der Waals surface area contributed by atoms with Gasteiger partial charge in [0.2, 0.25) is 0 Å². The molecule has 9 heteroatoms. The second kappa shape index (κ2) is 7.96. The fraction of sp³-hybridized carbons (Fsp3) is 0.571. The molecule has 4 rings (SSSR count). The highest BCUT2D eigenvalue weighted by Crippen LogP contribution is 2.40. The number of benzene rings is 1. The second-order valence-corrected chi connectivity index (χ2v) is 8.77. The maximum Gasteiger partial charge on any atom is 0.425 e. The molecule has 1 unspecified atom stereocenters. The number of halogens is 4. The standard InChI is InChI=1S/C21H25ClF3N3O2/c1-14(21(23,24)25)30-19(29)27-9-6-20(7-10-27)5-2-8-28(20)13-17-12-15-11-16(22)3-4-18(15)26-17/h3-4,11-12,14,26H,2,5-10,13H2,1H3. The van der Waals surface area contributed by atoms with Crippen molar-refractivity contribution < 1.29 is 22.7 Å². The lowest BCUT2D eigenvalue weighted by molar-refractivity contribution is -0.200. The van der Waals surface area contributed by atoms with E-state index in [2.05, 4.69) is 20.7 Å². The highest BCUT2D eigenvalue weighted by atomic mass is 35.5. The lowest BCUT2D eigenvalue weighted by Crippen LogP contribution is -2.53. The van der Waals surface area contributed by atoms with Gasteiger partial charge in [-0.3, -0.25) is 4.90 Å². The molecule has 1 N–H and O–H groups in total. The Balaban J connectivity index is 1.39. The summed E-state index contributed by atoms with van der Waals surface area (Å²) in [6.07, 6.45) is -3.96. The van der Waals surface area contributed by atoms with Gasteiger partial charge in [0.05, 0.1) is 0 Å². The van der Waals surface area contributed by atoms with Crippen LogP contribution in [0.4, 0.5) is 18.0 Å². The third-order valence-corrected chi connectivity index (χ3v) is 6.67. The first-order chi connectivity index (χ1) is 14.2. The summed E-state index contributed by atoms with van der Waals surface area (Å²) in [5.41, 5.74) is 2.12. The Kier molecular flexibility index (Phi) is 5.66. The highest BCUT2D eigenvalue weighted by Gasteiger charge is 2.45. The summed E-state index contributed by atoms with van der Waals surface area (Å²) in [6, 6.07) is 7.86. The van der Waals surface area contributed by atoms with E-state index < -0.39 is 18.4 Å². The molecular formula is C21H25ClF3N3O2. The second-order valence-electron chi connectivity index (χ2n) is 8.33. The molecule has 1 spiro atoms. The monoisotopic (exact) mass is 443 g/mol. The predicted octanol–water partition coefficient (Wildman–Crippen LogP) is 5.34. The lowest BCUT2D eigenvalue weighted by atomic mass is 9.85. The van der Waals surface area contributed by atoms with Crippen LogP contribution in [0.25, 0.3) is 10.9 Å². The fourth-order valence-corrected chi connectivity index (χ4v) is 4.84. The number of H-pyrrole nitrogens is 1. The minimum absolute atomic E-state index is 0.0264. The first-order valence-electron chi connectivity index (χ1n) is 10.2. The van der Waals surface area contributed by atoms with E-state index in [1.807, 2.05) is 18.2 Å². The van der Waals surface area contributed by atoms with Crippen LogP contribution in [0, 0.1) is 0 Å². The van der Waals surface area contributed by atoms with E-state index in [1.54, 1.807) is 0 Å². The molecule has 30 heavy (non-hydrogen) atoms. The first kappa shape index (κ1) is 21.3. The Morgan fingerprint density at radius 1 is 1.23 bits per heavy atom. The number of nitrogens with zero attached hydrogens (tertiary/aromatic N) is 2. The number of carbonyl (C=O) groups excluding carboxylic acids is 1. The molecule has 164 valence electrons. The SMILES string of the molecule is CC(OC(=O)N1CCC2(CCCN2Cc2cc3cc(Cl)ccc3[nH]2)CC1)C(F)(F)F. The zero-order chi connectivity index (χ0) is 21.5. The van der Waals surface area contributed by atoms with Crippen LogP contribution in [0.2, 0.25) is 5.02 Å². The number of piperidine rings is 1. The van der Waals surface area contributed by atoms with Crippen LogP contribution in [0.1, 0.15) is 38.3 Å². The average Bonchev–Trinajstić information content (AvgIpc) is 3.25. The number of aromatic amines is 1. The fourth-order valence-electron chi connectivity index (χ4n) is 4.66. The third-order valence-electron chi connectivity index (χ3n) is 6.43. The molecular weight excluding hydrogens is 419 g/mol. The average molecular weight is 444 g/mol. The van der Waals surface area contributed by atoms with E-state index in [9.17, 15) is 18.0 Å². The van der Waals surface area contributed by atoms with E-state index in [1.165, 1.54) is 4.90 Å². The number of aromatic nitrogens is 1. The Hall–Kier alpha value is -1.93. The summed E-state index contributed by atoms with van der Waals surface area (Å²) in [7, 11) is 0. The van der Waals surface area contributed by atoms with Crippen LogP contribution in [-0.2, 0) is 11.3 Å². The van der Waals surface area contributed by atoms with Crippen LogP contribution in [0.5, 0.6) is 0 Å². The molecule has 2 aromatic rings. The van der Waals surface area contributed by atoms with Gasteiger partial charge in [-0.1, -0.05) is 11.6 Å². The first-order valence-corrected chi connectivity index (χ1v) is 10.6. The van der Waals surface area contributed by atoms with E-state index in [4.69, 9.17) is 11.6 Å². The Morgan fingerprint density at radius 3 is 2.67 bits per heavy atom. The smallest absolute Gasteiger partial charge is 0.425 e. The largest absolute Gasteiger partial charge is 0.437 e. The molecule has 0 saturated carbocycles. The van der Waals surface area contributed by atoms with E-state index >= 15 is 0 Å². The topological polar surface area (TPSA) is 48.6 Å². The van der Waals surface area contributed by atoms with E-state index in [0.717, 1.165) is 62.3 Å². The molecule has 2 saturated heterocycles. The number of hydrogen-bond donors (Lipinski definition) is 1. The maximum atomic E-state index is 12.7.